The van der Waals surface area contributed by atoms with Gasteiger partial charge in [-0.2, -0.15) is 0 Å². The summed E-state index contributed by atoms with van der Waals surface area (Å²) in [5.41, 5.74) is 0.0394. The zero-order valence-corrected chi connectivity index (χ0v) is 23.9. The first-order valence-corrected chi connectivity index (χ1v) is 13.9. The van der Waals surface area contributed by atoms with Crippen LogP contribution in [0, 0.1) is 17.3 Å². The predicted molar refractivity (Wildman–Crippen MR) is 146 cm³/mol. The Morgan fingerprint density at radius 1 is 1.10 bits per heavy atom. The highest BCUT2D eigenvalue weighted by Gasteiger charge is 2.40. The second-order valence-corrected chi connectivity index (χ2v) is 11.9. The fraction of sp³-hybridized carbons (Fsp3) is 0.655. The van der Waals surface area contributed by atoms with Crippen molar-refractivity contribution < 1.29 is 29.1 Å². The fourth-order valence-corrected chi connectivity index (χ4v) is 5.70. The SMILES string of the molecule is COc1ccc(C(=O)N2CCC(N(C)C(=O)C(NC(=O)C(CN(O)C=O)C3CCCC3)C(C)(C)C)CC2)cc1. The van der Waals surface area contributed by atoms with Gasteiger partial charge in [0.1, 0.15) is 11.8 Å². The number of carbonyl (C=O) groups excluding carboxylic acids is 4. The second kappa shape index (κ2) is 13.3. The Kier molecular flexibility index (Phi) is 10.4. The van der Waals surface area contributed by atoms with Crippen LogP contribution in [0.4, 0.5) is 0 Å². The molecule has 1 aromatic rings. The summed E-state index contributed by atoms with van der Waals surface area (Å²) in [6.45, 7) is 6.70. The number of hydrogen-bond donors (Lipinski definition) is 2. The van der Waals surface area contributed by atoms with E-state index in [1.807, 2.05) is 20.8 Å². The molecular formula is C29H44N4O6. The van der Waals surface area contributed by atoms with Crippen molar-refractivity contribution in [2.24, 2.45) is 17.3 Å². The molecule has 1 saturated carbocycles. The number of nitrogens with zero attached hydrogens (tertiary/aromatic N) is 3. The zero-order valence-electron chi connectivity index (χ0n) is 23.9. The van der Waals surface area contributed by atoms with Crippen molar-refractivity contribution in [2.75, 3.05) is 33.8 Å². The van der Waals surface area contributed by atoms with E-state index in [2.05, 4.69) is 5.32 Å². The molecule has 10 heteroatoms. The lowest BCUT2D eigenvalue weighted by Crippen LogP contribution is -2.58. The summed E-state index contributed by atoms with van der Waals surface area (Å²) in [4.78, 5) is 54.7. The van der Waals surface area contributed by atoms with Gasteiger partial charge in [0.25, 0.3) is 5.91 Å². The Balaban J connectivity index is 1.64. The molecule has 0 spiro atoms. The van der Waals surface area contributed by atoms with E-state index in [4.69, 9.17) is 4.74 Å². The van der Waals surface area contributed by atoms with E-state index in [0.29, 0.717) is 48.7 Å². The van der Waals surface area contributed by atoms with Gasteiger partial charge in [-0.1, -0.05) is 33.6 Å². The summed E-state index contributed by atoms with van der Waals surface area (Å²) in [6, 6.07) is 6.20. The van der Waals surface area contributed by atoms with Gasteiger partial charge >= 0.3 is 0 Å². The van der Waals surface area contributed by atoms with Crippen LogP contribution in [0.3, 0.4) is 0 Å². The van der Waals surface area contributed by atoms with Crippen molar-refractivity contribution in [2.45, 2.75) is 71.4 Å². The van der Waals surface area contributed by atoms with E-state index in [9.17, 15) is 24.4 Å². The number of amides is 4. The molecule has 4 amide bonds. The molecule has 1 aliphatic carbocycles. The number of likely N-dealkylation sites (N-methyl/N-ethyl adjacent to an activating group) is 1. The predicted octanol–water partition coefficient (Wildman–Crippen LogP) is 2.94. The first-order valence-electron chi connectivity index (χ1n) is 13.9. The van der Waals surface area contributed by atoms with Gasteiger partial charge in [-0.15, -0.1) is 0 Å². The molecule has 2 fully saturated rings. The van der Waals surface area contributed by atoms with Crippen molar-refractivity contribution in [1.82, 2.24) is 20.2 Å². The van der Waals surface area contributed by atoms with E-state index < -0.39 is 17.4 Å². The molecule has 2 atom stereocenters. The maximum Gasteiger partial charge on any atom is 0.253 e. The number of hydroxylamine groups is 2. The van der Waals surface area contributed by atoms with Gasteiger partial charge in [0.15, 0.2) is 0 Å². The van der Waals surface area contributed by atoms with E-state index in [-0.39, 0.29) is 36.2 Å². The first kappa shape index (κ1) is 30.4. The highest BCUT2D eigenvalue weighted by Crippen LogP contribution is 2.33. The van der Waals surface area contributed by atoms with Crippen molar-refractivity contribution >= 4 is 24.1 Å². The fourth-order valence-electron chi connectivity index (χ4n) is 5.70. The Hall–Kier alpha value is -3.14. The lowest BCUT2D eigenvalue weighted by atomic mass is 9.83. The molecule has 39 heavy (non-hydrogen) atoms. The average Bonchev–Trinajstić information content (AvgIpc) is 3.47. The van der Waals surface area contributed by atoms with Crippen LogP contribution >= 0.6 is 0 Å². The molecule has 2 N–H and O–H groups in total. The van der Waals surface area contributed by atoms with E-state index in [0.717, 1.165) is 25.7 Å². The minimum Gasteiger partial charge on any atom is -0.497 e. The van der Waals surface area contributed by atoms with Crippen molar-refractivity contribution in [3.05, 3.63) is 29.8 Å². The largest absolute Gasteiger partial charge is 0.497 e. The molecule has 2 unspecified atom stereocenters. The van der Waals surface area contributed by atoms with Crippen molar-refractivity contribution in [1.29, 1.82) is 0 Å². The van der Waals surface area contributed by atoms with Gasteiger partial charge in [0, 0.05) is 31.7 Å². The Morgan fingerprint density at radius 2 is 1.69 bits per heavy atom. The molecule has 1 aromatic carbocycles. The molecule has 2 aliphatic rings. The molecule has 1 heterocycles. The van der Waals surface area contributed by atoms with Crippen LogP contribution < -0.4 is 10.1 Å². The summed E-state index contributed by atoms with van der Waals surface area (Å²) >= 11 is 0. The second-order valence-electron chi connectivity index (χ2n) is 11.9. The van der Waals surface area contributed by atoms with Crippen LogP contribution in [-0.4, -0.2) is 90.1 Å². The third-order valence-corrected chi connectivity index (χ3v) is 8.19. The minimum atomic E-state index is -0.777. The molecule has 1 aliphatic heterocycles. The number of benzene rings is 1. The van der Waals surface area contributed by atoms with E-state index in [1.165, 1.54) is 0 Å². The van der Waals surface area contributed by atoms with Gasteiger partial charge in [0.05, 0.1) is 19.6 Å². The number of ether oxygens (including phenoxy) is 1. The Morgan fingerprint density at radius 3 is 2.21 bits per heavy atom. The number of rotatable bonds is 10. The van der Waals surface area contributed by atoms with Gasteiger partial charge in [0.2, 0.25) is 18.2 Å². The van der Waals surface area contributed by atoms with Gasteiger partial charge < -0.3 is 19.9 Å². The van der Waals surface area contributed by atoms with Crippen LogP contribution in [0.5, 0.6) is 5.75 Å². The van der Waals surface area contributed by atoms with Crippen LogP contribution in [0.2, 0.25) is 0 Å². The summed E-state index contributed by atoms with van der Waals surface area (Å²) in [7, 11) is 3.34. The topological polar surface area (TPSA) is 119 Å². The third-order valence-electron chi connectivity index (χ3n) is 8.19. The summed E-state index contributed by atoms with van der Waals surface area (Å²) in [5, 5.41) is 13.3. The third kappa shape index (κ3) is 7.71. The highest BCUT2D eigenvalue weighted by atomic mass is 16.5. The maximum absolute atomic E-state index is 13.7. The summed E-state index contributed by atoms with van der Waals surface area (Å²) in [5.74, 6) is -0.381. The average molecular weight is 545 g/mol. The standard InChI is InChI=1S/C29H44N4O6/c1-29(2,3)25(30-26(35)24(18-33(38)19-34)20-8-6-7-9-20)28(37)31(4)22-14-16-32(17-15-22)27(36)21-10-12-23(39-5)13-11-21/h10-13,19-20,22,24-25,38H,6-9,14-18H2,1-5H3,(H,30,35). The molecule has 1 saturated heterocycles. The Labute approximate surface area is 231 Å². The number of piperidine rings is 1. The number of nitrogens with one attached hydrogen (secondary N) is 1. The number of likely N-dealkylation sites (tertiary alicyclic amines) is 1. The molecule has 10 nitrogen and oxygen atoms in total. The zero-order chi connectivity index (χ0) is 28.7. The molecule has 3 rings (SSSR count). The minimum absolute atomic E-state index is 0.0453. The normalized spacial score (nSPS) is 18.3. The molecule has 0 bridgehead atoms. The van der Waals surface area contributed by atoms with Crippen LogP contribution in [0.25, 0.3) is 0 Å². The monoisotopic (exact) mass is 544 g/mol. The maximum atomic E-state index is 13.7. The smallest absolute Gasteiger partial charge is 0.253 e. The molecule has 0 aromatic heterocycles. The molecular weight excluding hydrogens is 500 g/mol. The lowest BCUT2D eigenvalue weighted by molar-refractivity contribution is -0.157. The quantitative estimate of drug-likeness (QED) is 0.266. The van der Waals surface area contributed by atoms with Crippen molar-refractivity contribution in [3.8, 4) is 5.75 Å². The summed E-state index contributed by atoms with van der Waals surface area (Å²) in [6.07, 6.45) is 5.30. The number of carbonyl (C=O) groups is 4. The number of hydrogen-bond acceptors (Lipinski definition) is 6. The first-order chi connectivity index (χ1) is 18.5. The highest BCUT2D eigenvalue weighted by molar-refractivity contribution is 5.94. The van der Waals surface area contributed by atoms with Crippen LogP contribution in [0.15, 0.2) is 24.3 Å². The van der Waals surface area contributed by atoms with Crippen LogP contribution in [-0.2, 0) is 14.4 Å². The van der Waals surface area contributed by atoms with Crippen molar-refractivity contribution in [3.63, 3.8) is 0 Å². The van der Waals surface area contributed by atoms with E-state index >= 15 is 0 Å². The summed E-state index contributed by atoms with van der Waals surface area (Å²) < 4.78 is 5.17. The van der Waals surface area contributed by atoms with Gasteiger partial charge in [-0.05, 0) is 61.3 Å². The van der Waals surface area contributed by atoms with Gasteiger partial charge in [-0.3, -0.25) is 24.4 Å². The molecule has 0 radical (unpaired) electrons. The van der Waals surface area contributed by atoms with E-state index in [1.54, 1.807) is 48.2 Å². The van der Waals surface area contributed by atoms with Crippen LogP contribution in [0.1, 0.15) is 69.7 Å². The molecule has 216 valence electrons. The number of methoxy groups -OCH3 is 1. The van der Waals surface area contributed by atoms with Gasteiger partial charge in [-0.25, -0.2) is 5.06 Å². The Bertz CT molecular complexity index is 994. The lowest BCUT2D eigenvalue weighted by Gasteiger charge is -2.41.